The number of benzene rings is 2. The van der Waals surface area contributed by atoms with Crippen molar-refractivity contribution in [1.29, 1.82) is 0 Å². The van der Waals surface area contributed by atoms with E-state index in [4.69, 9.17) is 0 Å². The van der Waals surface area contributed by atoms with Gasteiger partial charge in [-0.25, -0.2) is 4.99 Å². The van der Waals surface area contributed by atoms with Crippen molar-refractivity contribution >= 4 is 17.2 Å². The fraction of sp³-hybridized carbons (Fsp3) is 0.176. The molecule has 112 valence electrons. The van der Waals surface area contributed by atoms with Crippen molar-refractivity contribution in [3.05, 3.63) is 64.7 Å². The minimum atomic E-state index is -4.39. The average molecular weight is 303 g/mol. The number of halogens is 3. The van der Waals surface area contributed by atoms with Gasteiger partial charge in [0, 0.05) is 12.0 Å². The second kappa shape index (κ2) is 5.09. The molecule has 0 spiro atoms. The van der Waals surface area contributed by atoms with E-state index in [1.807, 2.05) is 25.1 Å². The number of carbonyl (C=O) groups is 1. The maximum Gasteiger partial charge on any atom is 0.416 e. The highest BCUT2D eigenvalue weighted by Gasteiger charge is 2.30. The topological polar surface area (TPSA) is 29.4 Å². The maximum absolute atomic E-state index is 12.6. The SMILES string of the molecule is Cc1ccc2c(c1)CC(=O)C(c1ccc(C(F)(F)F)cc1)=N2. The highest BCUT2D eigenvalue weighted by atomic mass is 19.4. The Kier molecular flexibility index (Phi) is 3.35. The highest BCUT2D eigenvalue weighted by Crippen LogP contribution is 2.31. The summed E-state index contributed by atoms with van der Waals surface area (Å²) in [6, 6.07) is 10.1. The number of rotatable bonds is 1. The summed E-state index contributed by atoms with van der Waals surface area (Å²) in [6.45, 7) is 1.93. The van der Waals surface area contributed by atoms with Gasteiger partial charge in [0.25, 0.3) is 0 Å². The highest BCUT2D eigenvalue weighted by molar-refractivity contribution is 6.47. The normalized spacial score (nSPS) is 14.5. The van der Waals surface area contributed by atoms with Gasteiger partial charge in [-0.3, -0.25) is 4.79 Å². The van der Waals surface area contributed by atoms with Gasteiger partial charge >= 0.3 is 6.18 Å². The maximum atomic E-state index is 12.6. The molecule has 0 saturated carbocycles. The Balaban J connectivity index is 2.01. The van der Waals surface area contributed by atoms with Crippen LogP contribution in [0, 0.1) is 6.92 Å². The summed E-state index contributed by atoms with van der Waals surface area (Å²) in [4.78, 5) is 16.5. The van der Waals surface area contributed by atoms with Crippen LogP contribution in [0.25, 0.3) is 0 Å². The molecule has 0 bridgehead atoms. The quantitative estimate of drug-likeness (QED) is 0.774. The zero-order valence-electron chi connectivity index (χ0n) is 11.7. The number of fused-ring (bicyclic) bond motifs is 1. The van der Waals surface area contributed by atoms with Crippen molar-refractivity contribution in [3.8, 4) is 0 Å². The fourth-order valence-corrected chi connectivity index (χ4v) is 2.45. The molecule has 1 aliphatic heterocycles. The van der Waals surface area contributed by atoms with E-state index >= 15 is 0 Å². The first-order valence-corrected chi connectivity index (χ1v) is 6.73. The van der Waals surface area contributed by atoms with Crippen LogP contribution in [0.1, 0.15) is 22.3 Å². The van der Waals surface area contributed by atoms with Crippen LogP contribution < -0.4 is 0 Å². The third-order valence-corrected chi connectivity index (χ3v) is 3.57. The molecule has 2 nitrogen and oxygen atoms in total. The Morgan fingerprint density at radius 1 is 1.05 bits per heavy atom. The van der Waals surface area contributed by atoms with Crippen molar-refractivity contribution in [2.24, 2.45) is 4.99 Å². The predicted molar refractivity (Wildman–Crippen MR) is 77.5 cm³/mol. The number of aryl methyl sites for hydroxylation is 1. The minimum absolute atomic E-state index is 0.183. The van der Waals surface area contributed by atoms with Gasteiger partial charge in [-0.2, -0.15) is 13.2 Å². The molecule has 0 radical (unpaired) electrons. The van der Waals surface area contributed by atoms with Crippen LogP contribution in [0.15, 0.2) is 47.5 Å². The number of aliphatic imine (C=N–C) groups is 1. The average Bonchev–Trinajstić information content (AvgIpc) is 2.45. The zero-order chi connectivity index (χ0) is 15.9. The van der Waals surface area contributed by atoms with Crippen LogP contribution in [0.2, 0.25) is 0 Å². The van der Waals surface area contributed by atoms with E-state index in [2.05, 4.69) is 4.99 Å². The first kappa shape index (κ1) is 14.5. The molecule has 3 rings (SSSR count). The summed E-state index contributed by atoms with van der Waals surface area (Å²) in [5, 5.41) is 0. The van der Waals surface area contributed by atoms with E-state index < -0.39 is 11.7 Å². The number of nitrogens with zero attached hydrogens (tertiary/aromatic N) is 1. The monoisotopic (exact) mass is 303 g/mol. The van der Waals surface area contributed by atoms with Gasteiger partial charge in [-0.05, 0) is 30.7 Å². The van der Waals surface area contributed by atoms with Crippen LogP contribution in [-0.2, 0) is 17.4 Å². The number of alkyl halides is 3. The Labute approximate surface area is 125 Å². The van der Waals surface area contributed by atoms with Crippen molar-refractivity contribution in [2.45, 2.75) is 19.5 Å². The number of hydrogen-bond acceptors (Lipinski definition) is 2. The molecule has 0 N–H and O–H groups in total. The van der Waals surface area contributed by atoms with Crippen LogP contribution in [-0.4, -0.2) is 11.5 Å². The van der Waals surface area contributed by atoms with Crippen LogP contribution in [0.3, 0.4) is 0 Å². The lowest BCUT2D eigenvalue weighted by Crippen LogP contribution is -2.21. The predicted octanol–water partition coefficient (Wildman–Crippen LogP) is 4.26. The van der Waals surface area contributed by atoms with Gasteiger partial charge in [-0.15, -0.1) is 0 Å². The first-order chi connectivity index (χ1) is 10.3. The zero-order valence-corrected chi connectivity index (χ0v) is 11.7. The van der Waals surface area contributed by atoms with Gasteiger partial charge in [-0.1, -0.05) is 29.8 Å². The van der Waals surface area contributed by atoms with E-state index in [9.17, 15) is 18.0 Å². The number of Topliss-reactive ketones (excluding diaryl/α,β-unsaturated/α-hetero) is 1. The standard InChI is InChI=1S/C17H12F3NO/c1-10-2-7-14-12(8-10)9-15(22)16(21-14)11-3-5-13(6-4-11)17(18,19)20/h2-8H,9H2,1H3. The largest absolute Gasteiger partial charge is 0.416 e. The van der Waals surface area contributed by atoms with Gasteiger partial charge in [0.2, 0.25) is 0 Å². The van der Waals surface area contributed by atoms with Crippen molar-refractivity contribution < 1.29 is 18.0 Å². The summed E-state index contributed by atoms with van der Waals surface area (Å²) < 4.78 is 37.7. The molecule has 2 aromatic carbocycles. The van der Waals surface area contributed by atoms with Crippen molar-refractivity contribution in [2.75, 3.05) is 0 Å². The summed E-state index contributed by atoms with van der Waals surface area (Å²) in [6.07, 6.45) is -4.17. The van der Waals surface area contributed by atoms with E-state index in [0.29, 0.717) is 11.3 Å². The minimum Gasteiger partial charge on any atom is -0.292 e. The number of carbonyl (C=O) groups excluding carboxylic acids is 1. The number of hydrogen-bond donors (Lipinski definition) is 0. The van der Waals surface area contributed by atoms with Gasteiger partial charge < -0.3 is 0 Å². The molecule has 0 amide bonds. The molecule has 5 heteroatoms. The molecule has 2 aromatic rings. The summed E-state index contributed by atoms with van der Waals surface area (Å²) >= 11 is 0. The summed E-state index contributed by atoms with van der Waals surface area (Å²) in [5.74, 6) is -0.183. The van der Waals surface area contributed by atoms with Crippen molar-refractivity contribution in [3.63, 3.8) is 0 Å². The van der Waals surface area contributed by atoms with Crippen molar-refractivity contribution in [1.82, 2.24) is 0 Å². The van der Waals surface area contributed by atoms with E-state index in [1.54, 1.807) is 0 Å². The summed E-state index contributed by atoms with van der Waals surface area (Å²) in [5.41, 5.74) is 2.46. The Morgan fingerprint density at radius 2 is 1.73 bits per heavy atom. The Bertz CT molecular complexity index is 773. The molecular weight excluding hydrogens is 291 g/mol. The van der Waals surface area contributed by atoms with Crippen LogP contribution >= 0.6 is 0 Å². The Morgan fingerprint density at radius 3 is 2.36 bits per heavy atom. The first-order valence-electron chi connectivity index (χ1n) is 6.73. The molecule has 0 aromatic heterocycles. The van der Waals surface area contributed by atoms with Gasteiger partial charge in [0.05, 0.1) is 11.3 Å². The molecule has 0 aliphatic carbocycles. The van der Waals surface area contributed by atoms with E-state index in [-0.39, 0.29) is 17.9 Å². The summed E-state index contributed by atoms with van der Waals surface area (Å²) in [7, 11) is 0. The molecule has 0 fully saturated rings. The second-order valence-electron chi connectivity index (χ2n) is 5.27. The lowest BCUT2D eigenvalue weighted by atomic mass is 9.94. The van der Waals surface area contributed by atoms with Crippen LogP contribution in [0.4, 0.5) is 18.9 Å². The third kappa shape index (κ3) is 2.66. The molecule has 0 atom stereocenters. The van der Waals surface area contributed by atoms with E-state index in [1.165, 1.54) is 12.1 Å². The lowest BCUT2D eigenvalue weighted by Gasteiger charge is -2.15. The molecule has 0 unspecified atom stereocenters. The van der Waals surface area contributed by atoms with Gasteiger partial charge in [0.1, 0.15) is 5.71 Å². The molecule has 22 heavy (non-hydrogen) atoms. The smallest absolute Gasteiger partial charge is 0.292 e. The third-order valence-electron chi connectivity index (χ3n) is 3.57. The fourth-order valence-electron chi connectivity index (χ4n) is 2.45. The molecular formula is C17H12F3NO. The Hall–Kier alpha value is -2.43. The second-order valence-corrected chi connectivity index (χ2v) is 5.27. The van der Waals surface area contributed by atoms with Gasteiger partial charge in [0.15, 0.2) is 5.78 Å². The van der Waals surface area contributed by atoms with Crippen LogP contribution in [0.5, 0.6) is 0 Å². The molecule has 1 aliphatic rings. The molecule has 0 saturated heterocycles. The lowest BCUT2D eigenvalue weighted by molar-refractivity contribution is -0.137. The number of ketones is 1. The molecule has 1 heterocycles. The van der Waals surface area contributed by atoms with E-state index in [0.717, 1.165) is 23.3 Å².